The molecule has 0 aliphatic heterocycles. The monoisotopic (exact) mass is 463 g/mol. The second-order valence-electron chi connectivity index (χ2n) is 6.94. The number of aromatic nitrogens is 2. The number of carbonyl (C=O) groups is 1. The van der Waals surface area contributed by atoms with Crippen LogP contribution in [0, 0.1) is 0 Å². The Balaban J connectivity index is 1.78. The van der Waals surface area contributed by atoms with E-state index in [0.29, 0.717) is 18.7 Å². The molecule has 0 aliphatic carbocycles. The number of benzene rings is 2. The van der Waals surface area contributed by atoms with Crippen molar-refractivity contribution < 1.29 is 9.53 Å². The molecule has 30 heavy (non-hydrogen) atoms. The molecule has 0 unspecified atom stereocenters. The van der Waals surface area contributed by atoms with Gasteiger partial charge in [-0.2, -0.15) is 0 Å². The van der Waals surface area contributed by atoms with Crippen molar-refractivity contribution in [2.75, 3.05) is 5.32 Å². The van der Waals surface area contributed by atoms with Crippen LogP contribution in [0.2, 0.25) is 0 Å². The van der Waals surface area contributed by atoms with Gasteiger partial charge in [-0.3, -0.25) is 9.20 Å². The summed E-state index contributed by atoms with van der Waals surface area (Å²) in [6.45, 7) is 2.60. The predicted molar refractivity (Wildman–Crippen MR) is 123 cm³/mol. The van der Waals surface area contributed by atoms with Crippen LogP contribution >= 0.6 is 15.9 Å². The molecule has 2 aromatic carbocycles. The molecule has 4 aromatic rings. The Kier molecular flexibility index (Phi) is 6.14. The molecule has 0 aliphatic rings. The molecule has 0 amide bonds. The minimum atomic E-state index is -0.241. The van der Waals surface area contributed by atoms with Crippen LogP contribution in [-0.4, -0.2) is 15.4 Å². The topological polar surface area (TPSA) is 55.6 Å². The molecular weight excluding hydrogens is 442 g/mol. The van der Waals surface area contributed by atoms with Crippen LogP contribution in [0.3, 0.4) is 0 Å². The minimum Gasteiger partial charge on any atom is -0.426 e. The average Bonchev–Trinajstić information content (AvgIpc) is 3.11. The summed E-state index contributed by atoms with van der Waals surface area (Å²) in [6.07, 6.45) is 3.10. The summed E-state index contributed by atoms with van der Waals surface area (Å²) in [4.78, 5) is 17.0. The van der Waals surface area contributed by atoms with Crippen molar-refractivity contribution in [1.82, 2.24) is 9.38 Å². The fourth-order valence-electron chi connectivity index (χ4n) is 3.29. The second kappa shape index (κ2) is 9.13. The summed E-state index contributed by atoms with van der Waals surface area (Å²) >= 11 is 3.55. The van der Waals surface area contributed by atoms with E-state index in [9.17, 15) is 4.79 Å². The molecule has 0 spiro atoms. The normalized spacial score (nSPS) is 10.9. The van der Waals surface area contributed by atoms with Gasteiger partial charge in [0.05, 0.1) is 0 Å². The molecule has 0 radical (unpaired) electrons. The van der Waals surface area contributed by atoms with E-state index in [-0.39, 0.29) is 5.97 Å². The smallest absolute Gasteiger partial charge is 0.311 e. The van der Waals surface area contributed by atoms with Gasteiger partial charge >= 0.3 is 5.97 Å². The molecular formula is C24H22BrN3O2. The fraction of sp³-hybridized carbons (Fsp3) is 0.167. The van der Waals surface area contributed by atoms with E-state index in [0.717, 1.165) is 39.2 Å². The third kappa shape index (κ3) is 4.39. The molecule has 0 saturated heterocycles. The quantitative estimate of drug-likeness (QED) is 0.266. The average molecular weight is 464 g/mol. The third-order valence-corrected chi connectivity index (χ3v) is 5.17. The fourth-order valence-corrected chi connectivity index (χ4v) is 3.62. The molecule has 5 nitrogen and oxygen atoms in total. The van der Waals surface area contributed by atoms with Crippen molar-refractivity contribution in [3.05, 3.63) is 83.0 Å². The number of esters is 1. The number of ether oxygens (including phenoxy) is 1. The first-order valence-corrected chi connectivity index (χ1v) is 10.7. The zero-order chi connectivity index (χ0) is 20.9. The van der Waals surface area contributed by atoms with Crippen LogP contribution in [-0.2, 0) is 11.3 Å². The van der Waals surface area contributed by atoms with Crippen molar-refractivity contribution in [2.45, 2.75) is 26.3 Å². The summed E-state index contributed by atoms with van der Waals surface area (Å²) < 4.78 is 8.61. The van der Waals surface area contributed by atoms with Gasteiger partial charge in [0.25, 0.3) is 0 Å². The first kappa shape index (κ1) is 20.2. The highest BCUT2D eigenvalue weighted by Gasteiger charge is 2.19. The molecule has 2 aromatic heterocycles. The number of nitrogens with zero attached hydrogens (tertiary/aromatic N) is 2. The Bertz CT molecular complexity index is 1170. The van der Waals surface area contributed by atoms with Gasteiger partial charge in [-0.15, -0.1) is 0 Å². The molecule has 152 valence electrons. The number of anilines is 1. The molecule has 6 heteroatoms. The molecule has 0 saturated carbocycles. The number of halogens is 1. The van der Waals surface area contributed by atoms with E-state index in [1.807, 2.05) is 72.1 Å². The van der Waals surface area contributed by atoms with Crippen LogP contribution < -0.4 is 10.1 Å². The first-order chi connectivity index (χ1) is 14.7. The van der Waals surface area contributed by atoms with Crippen LogP contribution in [0.25, 0.3) is 16.9 Å². The Morgan fingerprint density at radius 2 is 1.83 bits per heavy atom. The molecule has 2 heterocycles. The highest BCUT2D eigenvalue weighted by molar-refractivity contribution is 9.10. The van der Waals surface area contributed by atoms with Gasteiger partial charge < -0.3 is 10.1 Å². The Hall–Kier alpha value is -3.12. The van der Waals surface area contributed by atoms with Crippen LogP contribution in [0.4, 0.5) is 5.82 Å². The zero-order valence-corrected chi connectivity index (χ0v) is 18.2. The summed E-state index contributed by atoms with van der Waals surface area (Å²) in [5.41, 5.74) is 3.48. The molecule has 0 fully saturated rings. The molecule has 4 rings (SSSR count). The Labute approximate surface area is 183 Å². The SMILES string of the molecule is CCCC(=O)Oc1ccccc1-c1nc2ccc(Br)cn2c1NCc1ccccc1. The van der Waals surface area contributed by atoms with Crippen molar-refractivity contribution in [2.24, 2.45) is 0 Å². The van der Waals surface area contributed by atoms with E-state index in [1.54, 1.807) is 0 Å². The van der Waals surface area contributed by atoms with E-state index in [2.05, 4.69) is 33.4 Å². The van der Waals surface area contributed by atoms with Gasteiger partial charge in [0.2, 0.25) is 0 Å². The molecule has 0 bridgehead atoms. The predicted octanol–water partition coefficient (Wildman–Crippen LogP) is 6.08. The summed E-state index contributed by atoms with van der Waals surface area (Å²) in [6, 6.07) is 21.6. The van der Waals surface area contributed by atoms with E-state index < -0.39 is 0 Å². The number of hydrogen-bond acceptors (Lipinski definition) is 4. The lowest BCUT2D eigenvalue weighted by atomic mass is 10.1. The van der Waals surface area contributed by atoms with Crippen molar-refractivity contribution in [3.63, 3.8) is 0 Å². The van der Waals surface area contributed by atoms with E-state index >= 15 is 0 Å². The lowest BCUT2D eigenvalue weighted by Crippen LogP contribution is -2.08. The van der Waals surface area contributed by atoms with Gasteiger partial charge in [-0.25, -0.2) is 4.98 Å². The van der Waals surface area contributed by atoms with Crippen molar-refractivity contribution in [3.8, 4) is 17.0 Å². The maximum Gasteiger partial charge on any atom is 0.311 e. The second-order valence-corrected chi connectivity index (χ2v) is 7.86. The van der Waals surface area contributed by atoms with Crippen molar-refractivity contribution >= 4 is 33.4 Å². The number of rotatable bonds is 7. The number of imidazole rings is 1. The van der Waals surface area contributed by atoms with Crippen LogP contribution in [0.15, 0.2) is 77.4 Å². The van der Waals surface area contributed by atoms with Gasteiger partial charge in [0.1, 0.15) is 22.9 Å². The highest BCUT2D eigenvalue weighted by Crippen LogP contribution is 2.36. The largest absolute Gasteiger partial charge is 0.426 e. The zero-order valence-electron chi connectivity index (χ0n) is 16.6. The number of carbonyl (C=O) groups excluding carboxylic acids is 1. The highest BCUT2D eigenvalue weighted by atomic mass is 79.9. The number of pyridine rings is 1. The number of nitrogens with one attached hydrogen (secondary N) is 1. The molecule has 1 N–H and O–H groups in total. The van der Waals surface area contributed by atoms with Crippen LogP contribution in [0.5, 0.6) is 5.75 Å². The van der Waals surface area contributed by atoms with Gasteiger partial charge in [-0.05, 0) is 52.2 Å². The van der Waals surface area contributed by atoms with Crippen molar-refractivity contribution in [1.29, 1.82) is 0 Å². The summed E-state index contributed by atoms with van der Waals surface area (Å²) in [5.74, 6) is 1.12. The number of para-hydroxylation sites is 1. The lowest BCUT2D eigenvalue weighted by Gasteiger charge is -2.12. The van der Waals surface area contributed by atoms with Gasteiger partial charge in [0.15, 0.2) is 0 Å². The van der Waals surface area contributed by atoms with Gasteiger partial charge in [-0.1, -0.05) is 49.4 Å². The number of hydrogen-bond donors (Lipinski definition) is 1. The van der Waals surface area contributed by atoms with Crippen LogP contribution in [0.1, 0.15) is 25.3 Å². The number of fused-ring (bicyclic) bond motifs is 1. The van der Waals surface area contributed by atoms with E-state index in [4.69, 9.17) is 9.72 Å². The maximum atomic E-state index is 12.1. The minimum absolute atomic E-state index is 0.241. The molecule has 0 atom stereocenters. The lowest BCUT2D eigenvalue weighted by molar-refractivity contribution is -0.134. The maximum absolute atomic E-state index is 12.1. The summed E-state index contributed by atoms with van der Waals surface area (Å²) in [7, 11) is 0. The van der Waals surface area contributed by atoms with E-state index in [1.165, 1.54) is 0 Å². The Morgan fingerprint density at radius 3 is 2.63 bits per heavy atom. The first-order valence-electron chi connectivity index (χ1n) is 9.91. The standard InChI is InChI=1S/C24H22BrN3O2/c1-2-8-22(29)30-20-12-7-6-11-19(20)23-24(26-15-17-9-4-3-5-10-17)28-16-18(25)13-14-21(28)27-23/h3-7,9-14,16,26H,2,8,15H2,1H3. The Morgan fingerprint density at radius 1 is 1.07 bits per heavy atom. The summed E-state index contributed by atoms with van der Waals surface area (Å²) in [5, 5.41) is 3.52. The van der Waals surface area contributed by atoms with Gasteiger partial charge in [0, 0.05) is 29.2 Å². The third-order valence-electron chi connectivity index (χ3n) is 4.71.